The number of hydrogen-bond acceptors (Lipinski definition) is 9. The molecule has 0 aliphatic carbocycles. The average Bonchev–Trinajstić information content (AvgIpc) is 3.27. The van der Waals surface area contributed by atoms with Crippen LogP contribution in [0.1, 0.15) is 35.2 Å². The van der Waals surface area contributed by atoms with Gasteiger partial charge in [-0.2, -0.15) is 5.26 Å². The molecule has 1 atom stereocenters. The quantitative estimate of drug-likeness (QED) is 0.472. The van der Waals surface area contributed by atoms with E-state index in [9.17, 15) is 10.4 Å². The maximum Gasteiger partial charge on any atom is 0.227 e. The lowest BCUT2D eigenvalue weighted by Crippen LogP contribution is -2.44. The van der Waals surface area contributed by atoms with Gasteiger partial charge in [-0.3, -0.25) is 0 Å². The number of hydrogen-bond donors (Lipinski definition) is 3. The Balaban J connectivity index is 1.38. The molecule has 1 saturated heterocycles. The van der Waals surface area contributed by atoms with Crippen LogP contribution in [0.3, 0.4) is 0 Å². The number of anilines is 3. The monoisotopic (exact) mass is 472 g/mol. The van der Waals surface area contributed by atoms with Gasteiger partial charge in [-0.1, -0.05) is 6.92 Å². The third kappa shape index (κ3) is 4.50. The smallest absolute Gasteiger partial charge is 0.227 e. The molecule has 0 radical (unpaired) electrons. The van der Waals surface area contributed by atoms with Gasteiger partial charge in [0.1, 0.15) is 6.07 Å². The maximum atomic E-state index is 9.72. The van der Waals surface area contributed by atoms with Crippen molar-refractivity contribution in [3.63, 3.8) is 0 Å². The van der Waals surface area contributed by atoms with E-state index in [-0.39, 0.29) is 17.9 Å². The number of nitrogens with one attached hydrogen (secondary N) is 2. The lowest BCUT2D eigenvalue weighted by atomic mass is 9.90. The number of nitriles is 1. The van der Waals surface area contributed by atoms with Gasteiger partial charge in [0.05, 0.1) is 54.8 Å². The van der Waals surface area contributed by atoms with E-state index < -0.39 is 0 Å². The van der Waals surface area contributed by atoms with Crippen molar-refractivity contribution in [1.82, 2.24) is 15.0 Å². The van der Waals surface area contributed by atoms with Crippen molar-refractivity contribution in [1.29, 1.82) is 5.26 Å². The molecule has 0 amide bonds. The fourth-order valence-electron chi connectivity index (χ4n) is 4.35. The standard InChI is InChI=1S/C26H28N6O3/c1-15-6-22(16(2)30-24(15)35-14-26(3)12-34-13-26)32-25-28-5-4-21(31-25)17-7-18(9-27)23-20(8-17)19(11-33)10-29-23/h4-8,19,29,33H,10-14H2,1-3H3,(H,28,31,32). The first-order chi connectivity index (χ1) is 16.9. The molecule has 180 valence electrons. The number of nitrogens with zero attached hydrogens (tertiary/aromatic N) is 4. The molecule has 5 rings (SSSR count). The van der Waals surface area contributed by atoms with Crippen LogP contribution < -0.4 is 15.4 Å². The number of aromatic nitrogens is 3. The van der Waals surface area contributed by atoms with Gasteiger partial charge in [0.25, 0.3) is 0 Å². The highest BCUT2D eigenvalue weighted by Crippen LogP contribution is 2.37. The van der Waals surface area contributed by atoms with Gasteiger partial charge in [-0.05, 0) is 43.7 Å². The summed E-state index contributed by atoms with van der Waals surface area (Å²) in [4.78, 5) is 13.7. The highest BCUT2D eigenvalue weighted by Gasteiger charge is 2.34. The van der Waals surface area contributed by atoms with Crippen LogP contribution in [0.4, 0.5) is 17.3 Å². The first-order valence-electron chi connectivity index (χ1n) is 11.6. The fraction of sp³-hybridized carbons (Fsp3) is 0.385. The Morgan fingerprint density at radius 3 is 2.83 bits per heavy atom. The van der Waals surface area contributed by atoms with Crippen molar-refractivity contribution in [3.05, 3.63) is 52.8 Å². The molecule has 2 aromatic heterocycles. The number of pyridine rings is 1. The molecule has 9 nitrogen and oxygen atoms in total. The van der Waals surface area contributed by atoms with E-state index >= 15 is 0 Å². The third-order valence-corrected chi connectivity index (χ3v) is 6.49. The fourth-order valence-corrected chi connectivity index (χ4v) is 4.35. The van der Waals surface area contributed by atoms with Crippen molar-refractivity contribution in [3.8, 4) is 23.2 Å². The molecule has 3 N–H and O–H groups in total. The van der Waals surface area contributed by atoms with E-state index in [2.05, 4.69) is 38.6 Å². The van der Waals surface area contributed by atoms with Gasteiger partial charge in [-0.25, -0.2) is 15.0 Å². The van der Waals surface area contributed by atoms with Crippen LogP contribution >= 0.6 is 0 Å². The highest BCUT2D eigenvalue weighted by molar-refractivity contribution is 5.75. The minimum absolute atomic E-state index is 0.0171. The number of aliphatic hydroxyl groups excluding tert-OH is 1. The number of ether oxygens (including phenoxy) is 2. The number of aryl methyl sites for hydroxylation is 2. The Bertz CT molecular complexity index is 1320. The van der Waals surface area contributed by atoms with Gasteiger partial charge in [0.15, 0.2) is 0 Å². The molecule has 0 spiro atoms. The average molecular weight is 473 g/mol. The zero-order valence-electron chi connectivity index (χ0n) is 20.1. The van der Waals surface area contributed by atoms with Crippen molar-refractivity contribution >= 4 is 17.3 Å². The lowest BCUT2D eigenvalue weighted by Gasteiger charge is -2.37. The van der Waals surface area contributed by atoms with Gasteiger partial charge in [-0.15, -0.1) is 0 Å². The van der Waals surface area contributed by atoms with Crippen molar-refractivity contribution < 1.29 is 14.6 Å². The van der Waals surface area contributed by atoms with E-state index in [1.54, 1.807) is 6.20 Å². The van der Waals surface area contributed by atoms with Crippen LogP contribution in [-0.4, -0.2) is 53.0 Å². The van der Waals surface area contributed by atoms with E-state index in [0.29, 0.717) is 49.5 Å². The van der Waals surface area contributed by atoms with Crippen LogP contribution in [0.15, 0.2) is 30.5 Å². The number of fused-ring (bicyclic) bond motifs is 1. The summed E-state index contributed by atoms with van der Waals surface area (Å²) in [7, 11) is 0. The van der Waals surface area contributed by atoms with Crippen molar-refractivity contribution in [2.75, 3.05) is 43.6 Å². The Labute approximate surface area is 204 Å². The van der Waals surface area contributed by atoms with Gasteiger partial charge >= 0.3 is 0 Å². The van der Waals surface area contributed by atoms with Crippen molar-refractivity contribution in [2.45, 2.75) is 26.7 Å². The predicted octanol–water partition coefficient (Wildman–Crippen LogP) is 3.69. The van der Waals surface area contributed by atoms with Crippen LogP contribution in [0.25, 0.3) is 11.3 Å². The summed E-state index contributed by atoms with van der Waals surface area (Å²) in [5.41, 5.74) is 6.28. The summed E-state index contributed by atoms with van der Waals surface area (Å²) in [6.07, 6.45) is 1.68. The second-order valence-electron chi connectivity index (χ2n) is 9.59. The van der Waals surface area contributed by atoms with E-state index in [1.165, 1.54) is 0 Å². The zero-order valence-corrected chi connectivity index (χ0v) is 20.1. The maximum absolute atomic E-state index is 9.72. The molecule has 3 aromatic rings. The van der Waals surface area contributed by atoms with E-state index in [0.717, 1.165) is 33.8 Å². The molecule has 2 aliphatic rings. The first-order valence-corrected chi connectivity index (χ1v) is 11.6. The van der Waals surface area contributed by atoms with Crippen LogP contribution in [0.5, 0.6) is 5.88 Å². The van der Waals surface area contributed by atoms with E-state index in [4.69, 9.17) is 9.47 Å². The summed E-state index contributed by atoms with van der Waals surface area (Å²) in [5.74, 6) is 0.994. The Morgan fingerprint density at radius 1 is 1.29 bits per heavy atom. The van der Waals surface area contributed by atoms with E-state index in [1.807, 2.05) is 38.1 Å². The van der Waals surface area contributed by atoms with Gasteiger partial charge in [0.2, 0.25) is 11.8 Å². The summed E-state index contributed by atoms with van der Waals surface area (Å²) in [6, 6.07) is 9.84. The summed E-state index contributed by atoms with van der Waals surface area (Å²) >= 11 is 0. The largest absolute Gasteiger partial charge is 0.477 e. The van der Waals surface area contributed by atoms with Gasteiger partial charge in [0, 0.05) is 35.2 Å². The predicted molar refractivity (Wildman–Crippen MR) is 132 cm³/mol. The highest BCUT2D eigenvalue weighted by atomic mass is 16.5. The molecule has 9 heteroatoms. The molecular weight excluding hydrogens is 444 g/mol. The van der Waals surface area contributed by atoms with Gasteiger partial charge < -0.3 is 25.2 Å². The normalized spacial score (nSPS) is 17.6. The molecule has 1 aromatic carbocycles. The zero-order chi connectivity index (χ0) is 24.6. The van der Waals surface area contributed by atoms with Crippen molar-refractivity contribution in [2.24, 2.45) is 5.41 Å². The number of benzene rings is 1. The first kappa shape index (κ1) is 23.0. The van der Waals surface area contributed by atoms with Crippen LogP contribution in [0.2, 0.25) is 0 Å². The Hall–Kier alpha value is -3.74. The molecule has 4 heterocycles. The Morgan fingerprint density at radius 2 is 2.11 bits per heavy atom. The van der Waals surface area contributed by atoms with Crippen LogP contribution in [0, 0.1) is 30.6 Å². The molecule has 0 saturated carbocycles. The molecule has 35 heavy (non-hydrogen) atoms. The number of rotatable bonds is 7. The summed E-state index contributed by atoms with van der Waals surface area (Å²) in [6.45, 7) is 8.61. The molecule has 2 aliphatic heterocycles. The SMILES string of the molecule is Cc1cc(Nc2nccc(-c3cc(C#N)c4c(c3)C(CO)CN4)n2)c(C)nc1OCC1(C)COC1. The minimum Gasteiger partial charge on any atom is -0.477 e. The minimum atomic E-state index is -0.0479. The number of aliphatic hydroxyl groups is 1. The summed E-state index contributed by atoms with van der Waals surface area (Å²) < 4.78 is 11.3. The second kappa shape index (κ2) is 9.13. The third-order valence-electron chi connectivity index (χ3n) is 6.49. The van der Waals surface area contributed by atoms with Crippen LogP contribution in [-0.2, 0) is 4.74 Å². The Kier molecular flexibility index (Phi) is 6.01. The molecule has 1 fully saturated rings. The molecule has 1 unspecified atom stereocenters. The summed E-state index contributed by atoms with van der Waals surface area (Å²) in [5, 5.41) is 25.9. The molecular formula is C26H28N6O3. The molecule has 0 bridgehead atoms. The topological polar surface area (TPSA) is 125 Å². The second-order valence-corrected chi connectivity index (χ2v) is 9.59. The lowest BCUT2D eigenvalue weighted by molar-refractivity contribution is -0.120.